The van der Waals surface area contributed by atoms with Crippen molar-refractivity contribution in [2.24, 2.45) is 0 Å². The Hall–Kier alpha value is -2.42. The van der Waals surface area contributed by atoms with Crippen LogP contribution in [-0.2, 0) is 0 Å². The second-order valence-corrected chi connectivity index (χ2v) is 4.14. The van der Waals surface area contributed by atoms with Crippen molar-refractivity contribution in [3.8, 4) is 11.5 Å². The van der Waals surface area contributed by atoms with E-state index in [0.717, 1.165) is 11.1 Å². The molecule has 0 aliphatic heterocycles. The number of aromatic nitrogens is 1. The smallest absolute Gasteiger partial charge is 0.347 e. The fourth-order valence-electron chi connectivity index (χ4n) is 1.99. The van der Waals surface area contributed by atoms with Crippen LogP contribution in [0.5, 0.6) is 0 Å². The standard InChI is InChI=1S/C15H11NO2/c1-10-6-5-9-12-13(10)15(17)18-14(16-12)11-7-3-2-4-8-11/h2-9H,1H3. The molecule has 0 aliphatic rings. The Morgan fingerprint density at radius 2 is 1.78 bits per heavy atom. The highest BCUT2D eigenvalue weighted by Gasteiger charge is 2.09. The highest BCUT2D eigenvalue weighted by molar-refractivity contribution is 5.81. The Morgan fingerprint density at radius 1 is 1.00 bits per heavy atom. The maximum Gasteiger partial charge on any atom is 0.347 e. The number of benzene rings is 2. The number of hydrogen-bond donors (Lipinski definition) is 0. The van der Waals surface area contributed by atoms with Gasteiger partial charge in [-0.15, -0.1) is 0 Å². The van der Waals surface area contributed by atoms with Crippen LogP contribution in [0.25, 0.3) is 22.4 Å². The summed E-state index contributed by atoms with van der Waals surface area (Å²) < 4.78 is 5.29. The van der Waals surface area contributed by atoms with Crippen LogP contribution in [0.15, 0.2) is 57.7 Å². The average Bonchev–Trinajstić information content (AvgIpc) is 2.39. The quantitative estimate of drug-likeness (QED) is 0.653. The Labute approximate surface area is 104 Å². The molecule has 3 rings (SSSR count). The zero-order valence-corrected chi connectivity index (χ0v) is 9.88. The Bertz CT molecular complexity index is 760. The maximum absolute atomic E-state index is 12.0. The molecule has 3 nitrogen and oxygen atoms in total. The molecule has 0 amide bonds. The molecule has 0 N–H and O–H groups in total. The molecule has 0 unspecified atom stereocenters. The molecule has 0 saturated heterocycles. The molecule has 0 radical (unpaired) electrons. The molecule has 0 spiro atoms. The van der Waals surface area contributed by atoms with E-state index >= 15 is 0 Å². The Balaban J connectivity index is 2.33. The van der Waals surface area contributed by atoms with Crippen molar-refractivity contribution in [1.29, 1.82) is 0 Å². The zero-order valence-electron chi connectivity index (χ0n) is 9.88. The predicted molar refractivity (Wildman–Crippen MR) is 70.5 cm³/mol. The monoisotopic (exact) mass is 237 g/mol. The summed E-state index contributed by atoms with van der Waals surface area (Å²) in [4.78, 5) is 16.4. The predicted octanol–water partition coefficient (Wildman–Crippen LogP) is 3.16. The molecule has 0 aliphatic carbocycles. The first kappa shape index (κ1) is 10.7. The number of hydrogen-bond acceptors (Lipinski definition) is 3. The van der Waals surface area contributed by atoms with Crippen LogP contribution in [-0.4, -0.2) is 4.98 Å². The fourth-order valence-corrected chi connectivity index (χ4v) is 1.99. The minimum atomic E-state index is -0.336. The highest BCUT2D eigenvalue weighted by atomic mass is 16.4. The van der Waals surface area contributed by atoms with Gasteiger partial charge in [0.15, 0.2) is 0 Å². The second kappa shape index (κ2) is 4.11. The molecule has 3 aromatic rings. The summed E-state index contributed by atoms with van der Waals surface area (Å²) in [6.07, 6.45) is 0. The van der Waals surface area contributed by atoms with Crippen molar-refractivity contribution in [3.63, 3.8) is 0 Å². The minimum absolute atomic E-state index is 0.336. The van der Waals surface area contributed by atoms with Gasteiger partial charge in [-0.25, -0.2) is 9.78 Å². The maximum atomic E-state index is 12.0. The number of nitrogens with zero attached hydrogens (tertiary/aromatic N) is 1. The Morgan fingerprint density at radius 3 is 2.56 bits per heavy atom. The van der Waals surface area contributed by atoms with E-state index in [9.17, 15) is 4.79 Å². The van der Waals surface area contributed by atoms with E-state index in [1.807, 2.05) is 55.5 Å². The van der Waals surface area contributed by atoms with Crippen LogP contribution >= 0.6 is 0 Å². The van der Waals surface area contributed by atoms with Crippen LogP contribution < -0.4 is 5.63 Å². The first-order chi connectivity index (χ1) is 8.75. The lowest BCUT2D eigenvalue weighted by atomic mass is 10.1. The van der Waals surface area contributed by atoms with Crippen molar-refractivity contribution in [3.05, 3.63) is 64.5 Å². The van der Waals surface area contributed by atoms with Gasteiger partial charge in [-0.3, -0.25) is 0 Å². The van der Waals surface area contributed by atoms with Crippen molar-refractivity contribution in [2.45, 2.75) is 6.92 Å². The topological polar surface area (TPSA) is 43.1 Å². The summed E-state index contributed by atoms with van der Waals surface area (Å²) in [5.74, 6) is 0.360. The fraction of sp³-hybridized carbons (Fsp3) is 0.0667. The largest absolute Gasteiger partial charge is 0.403 e. The van der Waals surface area contributed by atoms with Crippen LogP contribution in [0.3, 0.4) is 0 Å². The summed E-state index contributed by atoms with van der Waals surface area (Å²) in [6.45, 7) is 1.88. The van der Waals surface area contributed by atoms with Gasteiger partial charge < -0.3 is 4.42 Å². The van der Waals surface area contributed by atoms with E-state index in [0.29, 0.717) is 16.8 Å². The van der Waals surface area contributed by atoms with Gasteiger partial charge in [-0.1, -0.05) is 30.3 Å². The van der Waals surface area contributed by atoms with Gasteiger partial charge in [-0.2, -0.15) is 0 Å². The van der Waals surface area contributed by atoms with Crippen molar-refractivity contribution < 1.29 is 4.42 Å². The molecule has 0 bridgehead atoms. The molecule has 3 heteroatoms. The van der Waals surface area contributed by atoms with Crippen LogP contribution in [0.1, 0.15) is 5.56 Å². The lowest BCUT2D eigenvalue weighted by molar-refractivity contribution is 0.518. The van der Waals surface area contributed by atoms with Crippen molar-refractivity contribution >= 4 is 10.9 Å². The molecule has 0 atom stereocenters. The van der Waals surface area contributed by atoms with E-state index in [1.165, 1.54) is 0 Å². The number of aryl methyl sites for hydroxylation is 1. The number of rotatable bonds is 1. The number of fused-ring (bicyclic) bond motifs is 1. The normalized spacial score (nSPS) is 10.7. The lowest BCUT2D eigenvalue weighted by Crippen LogP contribution is -2.04. The van der Waals surface area contributed by atoms with Gasteiger partial charge in [0.1, 0.15) is 0 Å². The molecular weight excluding hydrogens is 226 g/mol. The van der Waals surface area contributed by atoms with Gasteiger partial charge in [0.05, 0.1) is 10.9 Å². The summed E-state index contributed by atoms with van der Waals surface area (Å²) in [5.41, 5.74) is 2.02. The molecule has 18 heavy (non-hydrogen) atoms. The first-order valence-corrected chi connectivity index (χ1v) is 5.71. The SMILES string of the molecule is Cc1cccc2nc(-c3ccccc3)oc(=O)c12. The Kier molecular flexibility index (Phi) is 2.45. The highest BCUT2D eigenvalue weighted by Crippen LogP contribution is 2.19. The summed E-state index contributed by atoms with van der Waals surface area (Å²) >= 11 is 0. The van der Waals surface area contributed by atoms with Gasteiger partial charge >= 0.3 is 5.63 Å². The molecule has 1 heterocycles. The summed E-state index contributed by atoms with van der Waals surface area (Å²) in [5, 5.41) is 0.553. The van der Waals surface area contributed by atoms with Crippen LogP contribution in [0.4, 0.5) is 0 Å². The van der Waals surface area contributed by atoms with E-state index in [2.05, 4.69) is 4.98 Å². The lowest BCUT2D eigenvalue weighted by Gasteiger charge is -2.02. The molecule has 88 valence electrons. The molecule has 1 aromatic heterocycles. The van der Waals surface area contributed by atoms with Crippen LogP contribution in [0, 0.1) is 6.92 Å². The van der Waals surface area contributed by atoms with Crippen molar-refractivity contribution in [2.75, 3.05) is 0 Å². The second-order valence-electron chi connectivity index (χ2n) is 4.14. The van der Waals surface area contributed by atoms with Gasteiger partial charge in [0, 0.05) is 5.56 Å². The van der Waals surface area contributed by atoms with E-state index in [1.54, 1.807) is 0 Å². The third kappa shape index (κ3) is 1.70. The summed E-state index contributed by atoms with van der Waals surface area (Å²) in [7, 11) is 0. The van der Waals surface area contributed by atoms with E-state index in [4.69, 9.17) is 4.42 Å². The molecule has 0 saturated carbocycles. The van der Waals surface area contributed by atoms with Crippen molar-refractivity contribution in [1.82, 2.24) is 4.98 Å². The minimum Gasteiger partial charge on any atom is -0.403 e. The van der Waals surface area contributed by atoms with E-state index in [-0.39, 0.29) is 5.63 Å². The molecule has 2 aromatic carbocycles. The third-order valence-corrected chi connectivity index (χ3v) is 2.89. The molecule has 0 fully saturated rings. The van der Waals surface area contributed by atoms with E-state index < -0.39 is 0 Å². The summed E-state index contributed by atoms with van der Waals surface area (Å²) in [6, 6.07) is 15.0. The van der Waals surface area contributed by atoms with Gasteiger partial charge in [0.2, 0.25) is 5.89 Å². The van der Waals surface area contributed by atoms with Gasteiger partial charge in [-0.05, 0) is 30.7 Å². The zero-order chi connectivity index (χ0) is 12.5. The first-order valence-electron chi connectivity index (χ1n) is 5.71. The van der Waals surface area contributed by atoms with Crippen LogP contribution in [0.2, 0.25) is 0 Å². The third-order valence-electron chi connectivity index (χ3n) is 2.89. The van der Waals surface area contributed by atoms with Gasteiger partial charge in [0.25, 0.3) is 0 Å². The molecular formula is C15H11NO2. The average molecular weight is 237 g/mol.